The van der Waals surface area contributed by atoms with Gasteiger partial charge in [-0.3, -0.25) is 4.79 Å². The number of nitrogens with one attached hydrogen (secondary N) is 1. The van der Waals surface area contributed by atoms with E-state index in [9.17, 15) is 4.79 Å². The lowest BCUT2D eigenvalue weighted by atomic mass is 10.2. The molecule has 0 saturated carbocycles. The first-order chi connectivity index (χ1) is 15.0. The average Bonchev–Trinajstić information content (AvgIpc) is 2.79. The first-order valence-corrected chi connectivity index (χ1v) is 9.98. The molecule has 31 heavy (non-hydrogen) atoms. The molecule has 0 unspecified atom stereocenters. The fourth-order valence-corrected chi connectivity index (χ4v) is 3.08. The molecule has 1 N–H and O–H groups in total. The molecule has 3 aromatic rings. The summed E-state index contributed by atoms with van der Waals surface area (Å²) in [5.41, 5.74) is 4.47. The summed E-state index contributed by atoms with van der Waals surface area (Å²) in [5.74, 6) is 1.08. The first-order valence-electron chi connectivity index (χ1n) is 9.22. The highest BCUT2D eigenvalue weighted by molar-refractivity contribution is 6.32. The Morgan fingerprint density at radius 2 is 1.81 bits per heavy atom. The van der Waals surface area contributed by atoms with Crippen LogP contribution in [0.1, 0.15) is 21.5 Å². The van der Waals surface area contributed by atoms with Gasteiger partial charge in [-0.25, -0.2) is 5.43 Å². The van der Waals surface area contributed by atoms with Crippen molar-refractivity contribution in [2.24, 2.45) is 5.10 Å². The Bertz CT molecular complexity index is 1090. The van der Waals surface area contributed by atoms with E-state index in [4.69, 9.17) is 37.4 Å². The van der Waals surface area contributed by atoms with Crippen LogP contribution in [-0.4, -0.2) is 26.3 Å². The van der Waals surface area contributed by atoms with Gasteiger partial charge in [0.2, 0.25) is 0 Å². The molecule has 0 aliphatic carbocycles. The predicted molar refractivity (Wildman–Crippen MR) is 122 cm³/mol. The zero-order chi connectivity index (χ0) is 22.2. The van der Waals surface area contributed by atoms with Crippen molar-refractivity contribution in [1.82, 2.24) is 5.43 Å². The van der Waals surface area contributed by atoms with Crippen LogP contribution in [0, 0.1) is 0 Å². The second-order valence-electron chi connectivity index (χ2n) is 6.38. The predicted octanol–water partition coefficient (Wildman–Crippen LogP) is 5.35. The van der Waals surface area contributed by atoms with Gasteiger partial charge in [-0.1, -0.05) is 41.4 Å². The number of rotatable bonds is 8. The van der Waals surface area contributed by atoms with Crippen molar-refractivity contribution in [3.63, 3.8) is 0 Å². The minimum absolute atomic E-state index is 0.303. The van der Waals surface area contributed by atoms with E-state index in [-0.39, 0.29) is 5.91 Å². The lowest BCUT2D eigenvalue weighted by Gasteiger charge is -2.13. The maximum Gasteiger partial charge on any atom is 0.271 e. The van der Waals surface area contributed by atoms with Crippen LogP contribution in [0.15, 0.2) is 65.8 Å². The molecule has 160 valence electrons. The van der Waals surface area contributed by atoms with Gasteiger partial charge in [-0.2, -0.15) is 5.10 Å². The summed E-state index contributed by atoms with van der Waals surface area (Å²) in [7, 11) is 3.06. The van der Waals surface area contributed by atoms with E-state index in [1.54, 1.807) is 48.5 Å². The van der Waals surface area contributed by atoms with Crippen molar-refractivity contribution >= 4 is 35.3 Å². The third kappa shape index (κ3) is 6.13. The van der Waals surface area contributed by atoms with Crippen molar-refractivity contribution in [3.05, 3.63) is 87.4 Å². The van der Waals surface area contributed by atoms with Gasteiger partial charge in [0.05, 0.1) is 25.5 Å². The molecular weight excluding hydrogens is 439 g/mol. The molecule has 0 fully saturated rings. The highest BCUT2D eigenvalue weighted by Gasteiger charge is 2.12. The normalized spacial score (nSPS) is 10.7. The van der Waals surface area contributed by atoms with Crippen LogP contribution in [0.2, 0.25) is 10.0 Å². The van der Waals surface area contributed by atoms with E-state index in [0.717, 1.165) is 5.56 Å². The largest absolute Gasteiger partial charge is 0.497 e. The average molecular weight is 459 g/mol. The van der Waals surface area contributed by atoms with Gasteiger partial charge < -0.3 is 14.2 Å². The molecule has 8 heteroatoms. The van der Waals surface area contributed by atoms with E-state index in [0.29, 0.717) is 45.0 Å². The summed E-state index contributed by atoms with van der Waals surface area (Å²) in [6.07, 6.45) is 1.47. The van der Waals surface area contributed by atoms with Crippen molar-refractivity contribution in [1.29, 1.82) is 0 Å². The highest BCUT2D eigenvalue weighted by Crippen LogP contribution is 2.36. The number of ether oxygens (including phenoxy) is 3. The summed E-state index contributed by atoms with van der Waals surface area (Å²) in [5, 5.41) is 5.00. The standard InChI is InChI=1S/C23H20Cl2N2O4/c1-29-19-5-3-4-17(12-19)23(28)27-26-13-16-10-20(25)22(21(11-16)30-2)31-14-15-6-8-18(24)9-7-15/h3-13H,14H2,1-2H3,(H,27,28)/b26-13-. The van der Waals surface area contributed by atoms with E-state index in [1.165, 1.54) is 20.4 Å². The van der Waals surface area contributed by atoms with Gasteiger partial charge in [-0.05, 0) is 53.6 Å². The molecule has 0 heterocycles. The Labute approximate surface area is 190 Å². The molecule has 3 aromatic carbocycles. The zero-order valence-corrected chi connectivity index (χ0v) is 18.4. The molecule has 0 aliphatic rings. The monoisotopic (exact) mass is 458 g/mol. The van der Waals surface area contributed by atoms with E-state index in [1.807, 2.05) is 12.1 Å². The molecule has 1 amide bonds. The van der Waals surface area contributed by atoms with Gasteiger partial charge >= 0.3 is 0 Å². The van der Waals surface area contributed by atoms with Crippen LogP contribution in [0.4, 0.5) is 0 Å². The van der Waals surface area contributed by atoms with Crippen LogP contribution in [0.25, 0.3) is 0 Å². The number of hydrogen-bond acceptors (Lipinski definition) is 5. The number of nitrogens with zero attached hydrogens (tertiary/aromatic N) is 1. The Balaban J connectivity index is 1.68. The second kappa shape index (κ2) is 10.7. The van der Waals surface area contributed by atoms with Crippen molar-refractivity contribution in [3.8, 4) is 17.2 Å². The fraction of sp³-hybridized carbons (Fsp3) is 0.130. The van der Waals surface area contributed by atoms with Crippen LogP contribution in [0.3, 0.4) is 0 Å². The number of halogens is 2. The smallest absolute Gasteiger partial charge is 0.271 e. The maximum atomic E-state index is 12.2. The van der Waals surface area contributed by atoms with Crippen molar-refractivity contribution in [2.45, 2.75) is 6.61 Å². The summed E-state index contributed by atoms with van der Waals surface area (Å²) in [6, 6.07) is 17.5. The molecule has 0 saturated heterocycles. The molecule has 0 aromatic heterocycles. The fourth-order valence-electron chi connectivity index (χ4n) is 2.68. The van der Waals surface area contributed by atoms with Crippen molar-refractivity contribution in [2.75, 3.05) is 14.2 Å². The van der Waals surface area contributed by atoms with Gasteiger partial charge in [0.15, 0.2) is 11.5 Å². The minimum atomic E-state index is -0.365. The minimum Gasteiger partial charge on any atom is -0.497 e. The zero-order valence-electron chi connectivity index (χ0n) is 16.9. The molecule has 0 aliphatic heterocycles. The Kier molecular flexibility index (Phi) is 7.76. The Hall–Kier alpha value is -3.22. The van der Waals surface area contributed by atoms with Crippen molar-refractivity contribution < 1.29 is 19.0 Å². The second-order valence-corrected chi connectivity index (χ2v) is 7.22. The number of carbonyl (C=O) groups excluding carboxylic acids is 1. The van der Waals surface area contributed by atoms with Crippen LogP contribution in [-0.2, 0) is 6.61 Å². The summed E-state index contributed by atoms with van der Waals surface area (Å²) in [4.78, 5) is 12.2. The SMILES string of the molecule is COc1cccc(C(=O)N/N=C\c2cc(Cl)c(OCc3ccc(Cl)cc3)c(OC)c2)c1. The maximum absolute atomic E-state index is 12.2. The number of methoxy groups -OCH3 is 2. The first kappa shape index (κ1) is 22.5. The van der Waals surface area contributed by atoms with Crippen LogP contribution >= 0.6 is 23.2 Å². The van der Waals surface area contributed by atoms with Gasteiger partial charge in [0, 0.05) is 10.6 Å². The van der Waals surface area contributed by atoms with Gasteiger partial charge in [0.1, 0.15) is 12.4 Å². The number of hydrogen-bond donors (Lipinski definition) is 1. The molecule has 3 rings (SSSR count). The number of hydrazone groups is 1. The third-order valence-electron chi connectivity index (χ3n) is 4.26. The van der Waals surface area contributed by atoms with E-state index >= 15 is 0 Å². The summed E-state index contributed by atoms with van der Waals surface area (Å²) in [6.45, 7) is 0.303. The number of carbonyl (C=O) groups is 1. The lowest BCUT2D eigenvalue weighted by Crippen LogP contribution is -2.17. The Morgan fingerprint density at radius 3 is 2.52 bits per heavy atom. The lowest BCUT2D eigenvalue weighted by molar-refractivity contribution is 0.0955. The molecule has 0 spiro atoms. The van der Waals surface area contributed by atoms with Crippen LogP contribution in [0.5, 0.6) is 17.2 Å². The summed E-state index contributed by atoms with van der Waals surface area (Å²) < 4.78 is 16.4. The van der Waals surface area contributed by atoms with E-state index in [2.05, 4.69) is 10.5 Å². The van der Waals surface area contributed by atoms with Crippen LogP contribution < -0.4 is 19.6 Å². The Morgan fingerprint density at radius 1 is 1.03 bits per heavy atom. The quantitative estimate of drug-likeness (QED) is 0.364. The molecule has 6 nitrogen and oxygen atoms in total. The molecule has 0 bridgehead atoms. The number of amides is 1. The topological polar surface area (TPSA) is 69.2 Å². The molecule has 0 radical (unpaired) electrons. The third-order valence-corrected chi connectivity index (χ3v) is 4.79. The van der Waals surface area contributed by atoms with E-state index < -0.39 is 0 Å². The van der Waals surface area contributed by atoms with Gasteiger partial charge in [-0.15, -0.1) is 0 Å². The van der Waals surface area contributed by atoms with Gasteiger partial charge in [0.25, 0.3) is 5.91 Å². The molecule has 0 atom stereocenters. The number of benzene rings is 3. The highest BCUT2D eigenvalue weighted by atomic mass is 35.5. The summed E-state index contributed by atoms with van der Waals surface area (Å²) >= 11 is 12.3. The molecular formula is C23H20Cl2N2O4.